The number of nitrogens with zero attached hydrogens (tertiary/aromatic N) is 4. The van der Waals surface area contributed by atoms with E-state index in [9.17, 15) is 0 Å². The van der Waals surface area contributed by atoms with Gasteiger partial charge in [-0.3, -0.25) is 0 Å². The second kappa shape index (κ2) is 6.26. The molecule has 0 amide bonds. The molecule has 1 atom stereocenters. The third kappa shape index (κ3) is 3.21. The first-order valence-corrected chi connectivity index (χ1v) is 5.70. The summed E-state index contributed by atoms with van der Waals surface area (Å²) in [5.41, 5.74) is 0. The first-order chi connectivity index (χ1) is 8.13. The van der Waals surface area contributed by atoms with Crippen LogP contribution in [0.1, 0.15) is 13.8 Å². The monoisotopic (exact) mass is 254 g/mol. The molecule has 5 nitrogen and oxygen atoms in total. The van der Waals surface area contributed by atoms with Gasteiger partial charge in [0.2, 0.25) is 0 Å². The molecule has 1 aromatic rings. The molecule has 0 saturated heterocycles. The van der Waals surface area contributed by atoms with Gasteiger partial charge in [0, 0.05) is 13.1 Å². The molecule has 0 aliphatic heterocycles. The minimum Gasteiger partial charge on any atom is -0.490 e. The molecule has 1 unspecified atom stereocenters. The Kier molecular flexibility index (Phi) is 4.98. The largest absolute Gasteiger partial charge is 0.490 e. The molecule has 0 saturated carbocycles. The lowest BCUT2D eigenvalue weighted by Gasteiger charge is -2.24. The highest BCUT2D eigenvalue weighted by Crippen LogP contribution is 2.31. The van der Waals surface area contributed by atoms with Crippen molar-refractivity contribution in [2.45, 2.75) is 13.8 Å². The van der Waals surface area contributed by atoms with Crippen molar-refractivity contribution in [3.05, 3.63) is 11.5 Å². The minimum absolute atomic E-state index is 0.0894. The molecule has 0 fully saturated rings. The highest BCUT2D eigenvalue weighted by atomic mass is 35.5. The fourth-order valence-corrected chi connectivity index (χ4v) is 1.69. The van der Waals surface area contributed by atoms with E-state index >= 15 is 0 Å². The predicted molar refractivity (Wildman–Crippen MR) is 66.3 cm³/mol. The topological polar surface area (TPSA) is 62.0 Å². The Bertz CT molecular complexity index is 418. The van der Waals surface area contributed by atoms with Crippen LogP contribution in [0.3, 0.4) is 0 Å². The molecular weight excluding hydrogens is 240 g/mol. The van der Waals surface area contributed by atoms with E-state index in [0.717, 1.165) is 6.54 Å². The zero-order valence-electron chi connectivity index (χ0n) is 10.1. The molecule has 0 N–H and O–H groups in total. The van der Waals surface area contributed by atoms with Crippen LogP contribution >= 0.6 is 11.6 Å². The smallest absolute Gasteiger partial charge is 0.199 e. The SMILES string of the molecule is CCN(CC(C)C#N)c1ncnc(Cl)c1OC. The van der Waals surface area contributed by atoms with Crippen molar-refractivity contribution in [2.75, 3.05) is 25.1 Å². The van der Waals surface area contributed by atoms with E-state index in [2.05, 4.69) is 16.0 Å². The van der Waals surface area contributed by atoms with E-state index in [1.807, 2.05) is 18.7 Å². The first-order valence-electron chi connectivity index (χ1n) is 5.33. The zero-order chi connectivity index (χ0) is 12.8. The summed E-state index contributed by atoms with van der Waals surface area (Å²) in [6.45, 7) is 5.14. The van der Waals surface area contributed by atoms with Crippen molar-refractivity contribution in [3.63, 3.8) is 0 Å². The first kappa shape index (κ1) is 13.5. The molecule has 0 spiro atoms. The van der Waals surface area contributed by atoms with Crippen molar-refractivity contribution in [2.24, 2.45) is 5.92 Å². The van der Waals surface area contributed by atoms with Crippen LogP contribution in [0.4, 0.5) is 5.82 Å². The van der Waals surface area contributed by atoms with Crippen LogP contribution in [0, 0.1) is 17.2 Å². The van der Waals surface area contributed by atoms with E-state index in [0.29, 0.717) is 18.1 Å². The van der Waals surface area contributed by atoms with Gasteiger partial charge < -0.3 is 9.64 Å². The summed E-state index contributed by atoms with van der Waals surface area (Å²) < 4.78 is 5.19. The fourth-order valence-electron chi connectivity index (χ4n) is 1.48. The number of methoxy groups -OCH3 is 1. The van der Waals surface area contributed by atoms with Gasteiger partial charge in [0.25, 0.3) is 0 Å². The van der Waals surface area contributed by atoms with Crippen molar-refractivity contribution in [1.82, 2.24) is 9.97 Å². The van der Waals surface area contributed by atoms with Gasteiger partial charge in [-0.1, -0.05) is 11.6 Å². The highest BCUT2D eigenvalue weighted by Gasteiger charge is 2.17. The van der Waals surface area contributed by atoms with Gasteiger partial charge in [0.1, 0.15) is 6.33 Å². The van der Waals surface area contributed by atoms with Gasteiger partial charge >= 0.3 is 0 Å². The summed E-state index contributed by atoms with van der Waals surface area (Å²) >= 11 is 5.93. The van der Waals surface area contributed by atoms with Crippen LogP contribution in [-0.4, -0.2) is 30.2 Å². The summed E-state index contributed by atoms with van der Waals surface area (Å²) in [7, 11) is 1.52. The Labute approximate surface area is 106 Å². The Morgan fingerprint density at radius 1 is 1.59 bits per heavy atom. The van der Waals surface area contributed by atoms with Gasteiger partial charge in [0.05, 0.1) is 19.1 Å². The van der Waals surface area contributed by atoms with Crippen molar-refractivity contribution in [1.29, 1.82) is 5.26 Å². The van der Waals surface area contributed by atoms with E-state index in [4.69, 9.17) is 21.6 Å². The van der Waals surface area contributed by atoms with E-state index in [1.54, 1.807) is 0 Å². The molecule has 0 aliphatic rings. The zero-order valence-corrected chi connectivity index (χ0v) is 10.9. The Morgan fingerprint density at radius 3 is 2.82 bits per heavy atom. The number of hydrogen-bond acceptors (Lipinski definition) is 5. The lowest BCUT2D eigenvalue weighted by molar-refractivity contribution is 0.410. The summed E-state index contributed by atoms with van der Waals surface area (Å²) in [6.07, 6.45) is 1.39. The lowest BCUT2D eigenvalue weighted by Crippen LogP contribution is -2.29. The lowest BCUT2D eigenvalue weighted by atomic mass is 10.2. The number of halogens is 1. The number of hydrogen-bond donors (Lipinski definition) is 0. The van der Waals surface area contributed by atoms with Gasteiger partial charge in [-0.2, -0.15) is 5.26 Å². The summed E-state index contributed by atoms with van der Waals surface area (Å²) in [5.74, 6) is 0.978. The maximum atomic E-state index is 8.84. The van der Waals surface area contributed by atoms with Crippen molar-refractivity contribution < 1.29 is 4.74 Å². The molecule has 1 aromatic heterocycles. The number of nitriles is 1. The van der Waals surface area contributed by atoms with Gasteiger partial charge in [0.15, 0.2) is 16.7 Å². The Balaban J connectivity index is 3.04. The molecule has 6 heteroatoms. The normalized spacial score (nSPS) is 11.7. The second-order valence-electron chi connectivity index (χ2n) is 3.59. The predicted octanol–water partition coefficient (Wildman–Crippen LogP) is 2.12. The number of ether oxygens (including phenoxy) is 1. The Morgan fingerprint density at radius 2 is 2.29 bits per heavy atom. The van der Waals surface area contributed by atoms with Gasteiger partial charge in [-0.25, -0.2) is 9.97 Å². The van der Waals surface area contributed by atoms with Crippen LogP contribution in [-0.2, 0) is 0 Å². The van der Waals surface area contributed by atoms with Crippen LogP contribution in [0.5, 0.6) is 5.75 Å². The molecule has 0 bridgehead atoms. The number of aromatic nitrogens is 2. The van der Waals surface area contributed by atoms with Crippen LogP contribution in [0.2, 0.25) is 5.15 Å². The molecule has 1 heterocycles. The summed E-state index contributed by atoms with van der Waals surface area (Å²) in [5, 5.41) is 9.12. The molecule has 0 radical (unpaired) electrons. The standard InChI is InChI=1S/C11H15ClN4O/c1-4-16(6-8(2)5-13)11-9(17-3)10(12)14-7-15-11/h7-8H,4,6H2,1-3H3. The van der Waals surface area contributed by atoms with Crippen LogP contribution in [0.25, 0.3) is 0 Å². The quantitative estimate of drug-likeness (QED) is 0.754. The van der Waals surface area contributed by atoms with Crippen LogP contribution < -0.4 is 9.64 Å². The minimum atomic E-state index is -0.0894. The molecular formula is C11H15ClN4O. The fraction of sp³-hybridized carbons (Fsp3) is 0.545. The van der Waals surface area contributed by atoms with E-state index in [1.165, 1.54) is 13.4 Å². The maximum absolute atomic E-state index is 8.84. The third-order valence-electron chi connectivity index (χ3n) is 2.34. The summed E-state index contributed by atoms with van der Waals surface area (Å²) in [6, 6.07) is 2.19. The van der Waals surface area contributed by atoms with Gasteiger partial charge in [-0.15, -0.1) is 0 Å². The average Bonchev–Trinajstić information content (AvgIpc) is 2.35. The molecule has 0 aliphatic carbocycles. The molecule has 17 heavy (non-hydrogen) atoms. The van der Waals surface area contributed by atoms with E-state index < -0.39 is 0 Å². The average molecular weight is 255 g/mol. The van der Waals surface area contributed by atoms with Crippen molar-refractivity contribution in [3.8, 4) is 11.8 Å². The van der Waals surface area contributed by atoms with Gasteiger partial charge in [-0.05, 0) is 13.8 Å². The van der Waals surface area contributed by atoms with Crippen molar-refractivity contribution >= 4 is 17.4 Å². The van der Waals surface area contributed by atoms with Crippen LogP contribution in [0.15, 0.2) is 6.33 Å². The third-order valence-corrected chi connectivity index (χ3v) is 2.61. The number of anilines is 1. The maximum Gasteiger partial charge on any atom is 0.199 e. The second-order valence-corrected chi connectivity index (χ2v) is 3.95. The molecule has 92 valence electrons. The Hall–Kier alpha value is -1.54. The number of rotatable bonds is 5. The highest BCUT2D eigenvalue weighted by molar-refractivity contribution is 6.31. The van der Waals surface area contributed by atoms with E-state index in [-0.39, 0.29) is 11.1 Å². The summed E-state index contributed by atoms with van der Waals surface area (Å²) in [4.78, 5) is 9.97. The molecule has 0 aromatic carbocycles. The molecule has 1 rings (SSSR count).